The first-order valence-corrected chi connectivity index (χ1v) is 6.55. The van der Waals surface area contributed by atoms with Gasteiger partial charge in [0.1, 0.15) is 0 Å². The Bertz CT molecular complexity index is 520. The van der Waals surface area contributed by atoms with Crippen LogP contribution in [0.2, 0.25) is 0 Å². The zero-order chi connectivity index (χ0) is 15.1. The highest BCUT2D eigenvalue weighted by atomic mass is 16.4. The molecule has 1 aromatic rings. The largest absolute Gasteiger partial charge is 0.478 e. The van der Waals surface area contributed by atoms with Gasteiger partial charge in [-0.15, -0.1) is 0 Å². The number of rotatable bonds is 5. The van der Waals surface area contributed by atoms with Gasteiger partial charge in [0.15, 0.2) is 0 Å². The van der Waals surface area contributed by atoms with E-state index in [-0.39, 0.29) is 6.03 Å². The van der Waals surface area contributed by atoms with Gasteiger partial charge in [0.25, 0.3) is 0 Å². The van der Waals surface area contributed by atoms with E-state index in [0.29, 0.717) is 13.1 Å². The Balaban J connectivity index is 2.83. The van der Waals surface area contributed by atoms with E-state index in [4.69, 9.17) is 5.11 Å². The molecule has 2 amide bonds. The monoisotopic (exact) mass is 276 g/mol. The lowest BCUT2D eigenvalue weighted by Crippen LogP contribution is -2.34. The summed E-state index contributed by atoms with van der Waals surface area (Å²) >= 11 is 0. The Morgan fingerprint density at radius 1 is 1.30 bits per heavy atom. The minimum atomic E-state index is -0.985. The van der Waals surface area contributed by atoms with Crippen LogP contribution >= 0.6 is 0 Å². The number of carboxylic acid groups (broad SMARTS) is 1. The third-order valence-electron chi connectivity index (χ3n) is 2.96. The summed E-state index contributed by atoms with van der Waals surface area (Å²) in [6, 6.07) is 5.24. The second kappa shape index (κ2) is 7.33. The molecule has 0 aromatic heterocycles. The molecule has 0 saturated carbocycles. The number of carbonyl (C=O) groups excluding carboxylic acids is 1. The summed E-state index contributed by atoms with van der Waals surface area (Å²) < 4.78 is 0. The van der Waals surface area contributed by atoms with Crippen molar-refractivity contribution in [2.75, 3.05) is 18.4 Å². The van der Waals surface area contributed by atoms with Gasteiger partial charge in [-0.3, -0.25) is 0 Å². The molecule has 20 heavy (non-hydrogen) atoms. The van der Waals surface area contributed by atoms with Gasteiger partial charge >= 0.3 is 12.0 Å². The van der Waals surface area contributed by atoms with Crippen LogP contribution in [0.5, 0.6) is 0 Å². The molecule has 0 spiro atoms. The third kappa shape index (κ3) is 4.42. The van der Waals surface area contributed by atoms with E-state index in [2.05, 4.69) is 5.32 Å². The number of carboxylic acids is 1. The summed E-state index contributed by atoms with van der Waals surface area (Å²) in [5.74, 6) is -0.985. The second-order valence-corrected chi connectivity index (χ2v) is 4.35. The minimum Gasteiger partial charge on any atom is -0.478 e. The molecule has 0 unspecified atom stereocenters. The highest BCUT2D eigenvalue weighted by molar-refractivity contribution is 5.90. The van der Waals surface area contributed by atoms with Crippen molar-refractivity contribution in [3.8, 4) is 0 Å². The molecular formula is C15H20N2O3. The van der Waals surface area contributed by atoms with Gasteiger partial charge < -0.3 is 15.3 Å². The molecule has 108 valence electrons. The fourth-order valence-corrected chi connectivity index (χ4v) is 1.80. The van der Waals surface area contributed by atoms with Crippen LogP contribution < -0.4 is 5.32 Å². The highest BCUT2D eigenvalue weighted by Crippen LogP contribution is 2.18. The van der Waals surface area contributed by atoms with Gasteiger partial charge in [0.2, 0.25) is 0 Å². The number of urea groups is 1. The van der Waals surface area contributed by atoms with Crippen LogP contribution in [-0.2, 0) is 4.79 Å². The number of benzene rings is 1. The normalized spacial score (nSPS) is 10.6. The average Bonchev–Trinajstić information content (AvgIpc) is 2.40. The quantitative estimate of drug-likeness (QED) is 0.812. The summed E-state index contributed by atoms with van der Waals surface area (Å²) in [5.41, 5.74) is 2.40. The molecule has 1 aromatic carbocycles. The Hall–Kier alpha value is -2.30. The summed E-state index contributed by atoms with van der Waals surface area (Å²) in [5, 5.41) is 11.4. The number of amides is 2. The maximum Gasteiger partial charge on any atom is 0.328 e. The van der Waals surface area contributed by atoms with E-state index < -0.39 is 5.97 Å². The molecule has 0 fully saturated rings. The van der Waals surface area contributed by atoms with Gasteiger partial charge in [0.05, 0.1) is 0 Å². The van der Waals surface area contributed by atoms with Crippen molar-refractivity contribution >= 4 is 23.8 Å². The number of aliphatic carboxylic acids is 1. The number of nitrogens with one attached hydrogen (secondary N) is 1. The second-order valence-electron chi connectivity index (χ2n) is 4.35. The summed E-state index contributed by atoms with van der Waals surface area (Å²) in [6.07, 6.45) is 2.61. The van der Waals surface area contributed by atoms with Crippen LogP contribution in [0.4, 0.5) is 10.5 Å². The smallest absolute Gasteiger partial charge is 0.328 e. The lowest BCUT2D eigenvalue weighted by molar-refractivity contribution is -0.131. The van der Waals surface area contributed by atoms with Crippen molar-refractivity contribution in [1.82, 2.24) is 4.90 Å². The molecule has 5 heteroatoms. The topological polar surface area (TPSA) is 69.6 Å². The fourth-order valence-electron chi connectivity index (χ4n) is 1.80. The van der Waals surface area contributed by atoms with Crippen LogP contribution in [0.3, 0.4) is 0 Å². The number of anilines is 1. The molecule has 0 bridgehead atoms. The third-order valence-corrected chi connectivity index (χ3v) is 2.96. The van der Waals surface area contributed by atoms with Crippen molar-refractivity contribution in [3.63, 3.8) is 0 Å². The minimum absolute atomic E-state index is 0.132. The summed E-state index contributed by atoms with van der Waals surface area (Å²) in [4.78, 5) is 24.1. The standard InChI is InChI=1S/C15H20N2O3/c1-4-17(5-2)15(20)16-13-8-6-12(10-11(13)3)7-9-14(18)19/h6-10H,4-5H2,1-3H3,(H,16,20)(H,18,19). The zero-order valence-corrected chi connectivity index (χ0v) is 12.0. The lowest BCUT2D eigenvalue weighted by Gasteiger charge is -2.20. The van der Waals surface area contributed by atoms with Crippen molar-refractivity contribution in [1.29, 1.82) is 0 Å². The lowest BCUT2D eigenvalue weighted by atomic mass is 10.1. The van der Waals surface area contributed by atoms with Crippen molar-refractivity contribution in [3.05, 3.63) is 35.4 Å². The number of hydrogen-bond donors (Lipinski definition) is 2. The predicted molar refractivity (Wildman–Crippen MR) is 79.8 cm³/mol. The van der Waals surface area contributed by atoms with E-state index in [9.17, 15) is 9.59 Å². The molecule has 0 aliphatic heterocycles. The van der Waals surface area contributed by atoms with Gasteiger partial charge in [-0.1, -0.05) is 6.07 Å². The van der Waals surface area contributed by atoms with E-state index in [0.717, 1.165) is 22.9 Å². The Morgan fingerprint density at radius 3 is 2.45 bits per heavy atom. The highest BCUT2D eigenvalue weighted by Gasteiger charge is 2.10. The number of hydrogen-bond acceptors (Lipinski definition) is 2. The molecule has 0 aliphatic carbocycles. The first-order chi connectivity index (χ1) is 9.47. The molecular weight excluding hydrogens is 256 g/mol. The molecule has 0 aliphatic rings. The van der Waals surface area contributed by atoms with Crippen LogP contribution in [-0.4, -0.2) is 35.1 Å². The van der Waals surface area contributed by atoms with Gasteiger partial charge in [-0.2, -0.15) is 0 Å². The fraction of sp³-hybridized carbons (Fsp3) is 0.333. The van der Waals surface area contributed by atoms with E-state index in [1.165, 1.54) is 6.08 Å². The van der Waals surface area contributed by atoms with E-state index in [1.807, 2.05) is 26.8 Å². The maximum atomic E-state index is 12.0. The maximum absolute atomic E-state index is 12.0. The molecule has 2 N–H and O–H groups in total. The van der Waals surface area contributed by atoms with Gasteiger partial charge in [0, 0.05) is 24.9 Å². The first kappa shape index (κ1) is 15.8. The number of nitrogens with zero attached hydrogens (tertiary/aromatic N) is 1. The molecule has 0 heterocycles. The first-order valence-electron chi connectivity index (χ1n) is 6.55. The molecule has 1 rings (SSSR count). The predicted octanol–water partition coefficient (Wildman–Crippen LogP) is 2.97. The molecule has 5 nitrogen and oxygen atoms in total. The van der Waals surface area contributed by atoms with Crippen LogP contribution in [0.1, 0.15) is 25.0 Å². The molecule has 0 radical (unpaired) electrons. The van der Waals surface area contributed by atoms with Crippen molar-refractivity contribution in [2.45, 2.75) is 20.8 Å². The summed E-state index contributed by atoms with van der Waals surface area (Å²) in [7, 11) is 0. The van der Waals surface area contributed by atoms with Gasteiger partial charge in [-0.05, 0) is 50.1 Å². The summed E-state index contributed by atoms with van der Waals surface area (Å²) in [6.45, 7) is 7.03. The van der Waals surface area contributed by atoms with Gasteiger partial charge in [-0.25, -0.2) is 9.59 Å². The molecule has 0 atom stereocenters. The SMILES string of the molecule is CCN(CC)C(=O)Nc1ccc(C=CC(=O)O)cc1C. The average molecular weight is 276 g/mol. The number of aryl methyl sites for hydroxylation is 1. The van der Waals surface area contributed by atoms with E-state index >= 15 is 0 Å². The van der Waals surface area contributed by atoms with E-state index in [1.54, 1.807) is 17.0 Å². The molecule has 0 saturated heterocycles. The van der Waals surface area contributed by atoms with Crippen LogP contribution in [0.15, 0.2) is 24.3 Å². The zero-order valence-electron chi connectivity index (χ0n) is 12.0. The van der Waals surface area contributed by atoms with Crippen LogP contribution in [0, 0.1) is 6.92 Å². The number of carbonyl (C=O) groups is 2. The Labute approximate surface area is 118 Å². The van der Waals surface area contributed by atoms with Crippen molar-refractivity contribution < 1.29 is 14.7 Å². The Morgan fingerprint density at radius 2 is 1.95 bits per heavy atom. The van der Waals surface area contributed by atoms with Crippen LogP contribution in [0.25, 0.3) is 6.08 Å². The Kier molecular flexibility index (Phi) is 5.77. The van der Waals surface area contributed by atoms with Crippen molar-refractivity contribution in [2.24, 2.45) is 0 Å².